The smallest absolute Gasteiger partial charge is 0.0943 e. The van der Waals surface area contributed by atoms with E-state index in [0.717, 1.165) is 24.6 Å². The van der Waals surface area contributed by atoms with E-state index in [-0.39, 0.29) is 5.60 Å². The maximum absolute atomic E-state index is 6.16. The van der Waals surface area contributed by atoms with Crippen LogP contribution in [0.5, 0.6) is 0 Å². The molecule has 1 spiro atoms. The van der Waals surface area contributed by atoms with Crippen LogP contribution >= 0.6 is 11.3 Å². The van der Waals surface area contributed by atoms with Crippen molar-refractivity contribution in [1.82, 2.24) is 10.3 Å². The molecule has 2 unspecified atom stereocenters. The summed E-state index contributed by atoms with van der Waals surface area (Å²) in [6, 6.07) is 0.543. The van der Waals surface area contributed by atoms with Gasteiger partial charge in [-0.2, -0.15) is 0 Å². The molecule has 0 radical (unpaired) electrons. The largest absolute Gasteiger partial charge is 0.375 e. The number of nitrogens with one attached hydrogen (secondary N) is 1. The van der Waals surface area contributed by atoms with Gasteiger partial charge in [0.05, 0.1) is 10.6 Å². The van der Waals surface area contributed by atoms with Gasteiger partial charge in [0, 0.05) is 30.1 Å². The SMILES string of the molecule is CNC(Cc1nc(C)cs1)C1CCOC2(CCCC2)C1. The third kappa shape index (κ3) is 3.07. The van der Waals surface area contributed by atoms with Crippen LogP contribution in [0.2, 0.25) is 0 Å². The second-order valence-electron chi connectivity index (χ2n) is 6.47. The molecule has 1 aromatic rings. The van der Waals surface area contributed by atoms with E-state index >= 15 is 0 Å². The van der Waals surface area contributed by atoms with E-state index in [2.05, 4.69) is 29.7 Å². The Bertz CT molecular complexity index is 439. The Hall–Kier alpha value is -0.450. The summed E-state index contributed by atoms with van der Waals surface area (Å²) in [4.78, 5) is 4.63. The van der Waals surface area contributed by atoms with Crippen LogP contribution in [0.1, 0.15) is 49.2 Å². The molecule has 3 rings (SSSR count). The average molecular weight is 294 g/mol. The zero-order chi connectivity index (χ0) is 14.0. The third-order valence-corrected chi connectivity index (χ3v) is 6.04. The minimum atomic E-state index is 0.219. The number of hydrogen-bond acceptors (Lipinski definition) is 4. The molecule has 20 heavy (non-hydrogen) atoms. The minimum absolute atomic E-state index is 0.219. The van der Waals surface area contributed by atoms with Crippen LogP contribution in [0.25, 0.3) is 0 Å². The lowest BCUT2D eigenvalue weighted by molar-refractivity contribution is -0.0975. The van der Waals surface area contributed by atoms with Gasteiger partial charge in [0.25, 0.3) is 0 Å². The van der Waals surface area contributed by atoms with E-state index < -0.39 is 0 Å². The van der Waals surface area contributed by atoms with E-state index in [1.807, 2.05) is 0 Å². The highest BCUT2D eigenvalue weighted by Crippen LogP contribution is 2.43. The van der Waals surface area contributed by atoms with Crippen molar-refractivity contribution in [2.75, 3.05) is 13.7 Å². The topological polar surface area (TPSA) is 34.2 Å². The molecule has 1 aliphatic heterocycles. The lowest BCUT2D eigenvalue weighted by atomic mass is 9.80. The highest BCUT2D eigenvalue weighted by atomic mass is 32.1. The fourth-order valence-corrected chi connectivity index (χ4v) is 4.80. The van der Waals surface area contributed by atoms with Crippen molar-refractivity contribution in [3.8, 4) is 0 Å². The van der Waals surface area contributed by atoms with Crippen molar-refractivity contribution in [3.63, 3.8) is 0 Å². The van der Waals surface area contributed by atoms with Gasteiger partial charge < -0.3 is 10.1 Å². The predicted molar refractivity (Wildman–Crippen MR) is 83.3 cm³/mol. The summed E-state index contributed by atoms with van der Waals surface area (Å²) in [5.41, 5.74) is 1.37. The summed E-state index contributed by atoms with van der Waals surface area (Å²) >= 11 is 1.80. The lowest BCUT2D eigenvalue weighted by Crippen LogP contribution is -2.45. The monoisotopic (exact) mass is 294 g/mol. The molecule has 1 N–H and O–H groups in total. The Morgan fingerprint density at radius 1 is 1.50 bits per heavy atom. The van der Waals surface area contributed by atoms with Crippen LogP contribution in [0.4, 0.5) is 0 Å². The number of aromatic nitrogens is 1. The first kappa shape index (κ1) is 14.5. The van der Waals surface area contributed by atoms with Crippen molar-refractivity contribution in [1.29, 1.82) is 0 Å². The van der Waals surface area contributed by atoms with Crippen molar-refractivity contribution >= 4 is 11.3 Å². The molecule has 0 bridgehead atoms. The molecule has 0 aromatic carbocycles. The van der Waals surface area contributed by atoms with Gasteiger partial charge in [-0.3, -0.25) is 0 Å². The molecular formula is C16H26N2OS. The zero-order valence-electron chi connectivity index (χ0n) is 12.7. The average Bonchev–Trinajstić information content (AvgIpc) is 3.06. The van der Waals surface area contributed by atoms with Crippen LogP contribution in [0.15, 0.2) is 5.38 Å². The Morgan fingerprint density at radius 3 is 2.95 bits per heavy atom. The summed E-state index contributed by atoms with van der Waals surface area (Å²) in [5.74, 6) is 0.732. The summed E-state index contributed by atoms with van der Waals surface area (Å²) in [5, 5.41) is 6.98. The quantitative estimate of drug-likeness (QED) is 0.925. The fourth-order valence-electron chi connectivity index (χ4n) is 3.97. The van der Waals surface area contributed by atoms with Crippen LogP contribution in [-0.4, -0.2) is 30.3 Å². The van der Waals surface area contributed by atoms with Gasteiger partial charge in [-0.1, -0.05) is 12.8 Å². The summed E-state index contributed by atoms with van der Waals surface area (Å²) in [6.07, 6.45) is 8.74. The number of ether oxygens (including phenoxy) is 1. The number of thiazole rings is 1. The zero-order valence-corrected chi connectivity index (χ0v) is 13.5. The maximum atomic E-state index is 6.16. The highest BCUT2D eigenvalue weighted by Gasteiger charge is 2.41. The van der Waals surface area contributed by atoms with Gasteiger partial charge in [0.2, 0.25) is 0 Å². The van der Waals surface area contributed by atoms with E-state index in [1.54, 1.807) is 11.3 Å². The minimum Gasteiger partial charge on any atom is -0.375 e. The van der Waals surface area contributed by atoms with Crippen LogP contribution in [0.3, 0.4) is 0 Å². The number of rotatable bonds is 4. The molecule has 0 amide bonds. The standard InChI is InChI=1S/C16H26N2OS/c1-12-11-20-15(18-12)9-14(17-2)13-5-8-19-16(10-13)6-3-4-7-16/h11,13-14,17H,3-10H2,1-2H3. The third-order valence-electron chi connectivity index (χ3n) is 5.05. The van der Waals surface area contributed by atoms with E-state index in [9.17, 15) is 0 Å². The first-order valence-corrected chi connectivity index (χ1v) is 8.81. The second kappa shape index (κ2) is 6.12. The Labute approximate surface area is 126 Å². The Morgan fingerprint density at radius 2 is 2.30 bits per heavy atom. The maximum Gasteiger partial charge on any atom is 0.0943 e. The molecular weight excluding hydrogens is 268 g/mol. The molecule has 4 heteroatoms. The molecule has 1 saturated heterocycles. The van der Waals surface area contributed by atoms with Gasteiger partial charge in [-0.05, 0) is 45.6 Å². The van der Waals surface area contributed by atoms with Crippen LogP contribution < -0.4 is 5.32 Å². The van der Waals surface area contributed by atoms with Gasteiger partial charge in [-0.25, -0.2) is 4.98 Å². The molecule has 112 valence electrons. The first-order valence-electron chi connectivity index (χ1n) is 7.93. The Kier molecular flexibility index (Phi) is 4.43. The van der Waals surface area contributed by atoms with E-state index in [4.69, 9.17) is 4.74 Å². The molecule has 1 aliphatic carbocycles. The summed E-state index contributed by atoms with van der Waals surface area (Å²) in [7, 11) is 2.10. The van der Waals surface area contributed by atoms with Gasteiger partial charge in [0.1, 0.15) is 0 Å². The molecule has 2 atom stereocenters. The van der Waals surface area contributed by atoms with Gasteiger partial charge in [0.15, 0.2) is 0 Å². The number of likely N-dealkylation sites (N-methyl/N-ethyl adjacent to an activating group) is 1. The second-order valence-corrected chi connectivity index (χ2v) is 7.42. The molecule has 1 aromatic heterocycles. The van der Waals surface area contributed by atoms with E-state index in [1.165, 1.54) is 43.5 Å². The van der Waals surface area contributed by atoms with Crippen LogP contribution in [0, 0.1) is 12.8 Å². The van der Waals surface area contributed by atoms with Crippen LogP contribution in [-0.2, 0) is 11.2 Å². The molecule has 1 saturated carbocycles. The van der Waals surface area contributed by atoms with Crippen molar-refractivity contribution in [2.24, 2.45) is 5.92 Å². The predicted octanol–water partition coefficient (Wildman–Crippen LogP) is 3.32. The number of nitrogens with zero attached hydrogens (tertiary/aromatic N) is 1. The highest BCUT2D eigenvalue weighted by molar-refractivity contribution is 7.09. The van der Waals surface area contributed by atoms with Gasteiger partial charge >= 0.3 is 0 Å². The molecule has 2 fully saturated rings. The van der Waals surface area contributed by atoms with Crippen molar-refractivity contribution < 1.29 is 4.74 Å². The van der Waals surface area contributed by atoms with Crippen molar-refractivity contribution in [3.05, 3.63) is 16.1 Å². The molecule has 2 heterocycles. The number of aryl methyl sites for hydroxylation is 1. The normalized spacial score (nSPS) is 27.0. The first-order chi connectivity index (χ1) is 9.71. The number of hydrogen-bond donors (Lipinski definition) is 1. The van der Waals surface area contributed by atoms with Crippen molar-refractivity contribution in [2.45, 2.75) is 63.5 Å². The van der Waals surface area contributed by atoms with E-state index in [0.29, 0.717) is 6.04 Å². The Balaban J connectivity index is 1.65. The summed E-state index contributed by atoms with van der Waals surface area (Å²) < 4.78 is 6.16. The van der Waals surface area contributed by atoms with Gasteiger partial charge in [-0.15, -0.1) is 11.3 Å². The fraction of sp³-hybridized carbons (Fsp3) is 0.812. The summed E-state index contributed by atoms with van der Waals surface area (Å²) in [6.45, 7) is 3.02. The molecule has 2 aliphatic rings. The molecule has 3 nitrogen and oxygen atoms in total. The lowest BCUT2D eigenvalue weighted by Gasteiger charge is -2.41.